The summed E-state index contributed by atoms with van der Waals surface area (Å²) >= 11 is 0. The van der Waals surface area contributed by atoms with Crippen LogP contribution in [-0.2, 0) is 6.54 Å². The van der Waals surface area contributed by atoms with Gasteiger partial charge in [-0.3, -0.25) is 0 Å². The summed E-state index contributed by atoms with van der Waals surface area (Å²) in [6.45, 7) is 7.32. The summed E-state index contributed by atoms with van der Waals surface area (Å²) in [7, 11) is 0. The lowest BCUT2D eigenvalue weighted by atomic mass is 9.95. The monoisotopic (exact) mass is 482 g/mol. The summed E-state index contributed by atoms with van der Waals surface area (Å²) in [5, 5.41) is 25.0. The quantitative estimate of drug-likeness (QED) is 0.405. The molecule has 0 amide bonds. The lowest BCUT2D eigenvalue weighted by molar-refractivity contribution is 0.0883. The average Bonchev–Trinajstić information content (AvgIpc) is 3.16. The molecule has 4 rings (SSSR count). The van der Waals surface area contributed by atoms with Crippen molar-refractivity contribution in [3.05, 3.63) is 53.7 Å². The van der Waals surface area contributed by atoms with Gasteiger partial charge in [0, 0.05) is 37.2 Å². The second-order valence-electron chi connectivity index (χ2n) is 8.06. The van der Waals surface area contributed by atoms with E-state index in [-0.39, 0.29) is 42.8 Å². The summed E-state index contributed by atoms with van der Waals surface area (Å²) < 4.78 is 1.88. The Balaban J connectivity index is 0.00000256. The first kappa shape index (κ1) is 30.6. The number of anilines is 2. The number of benzene rings is 1. The second kappa shape index (κ2) is 14.0. The molecule has 1 aliphatic rings. The molecule has 1 fully saturated rings. The van der Waals surface area contributed by atoms with Gasteiger partial charge in [-0.1, -0.05) is 51.6 Å². The van der Waals surface area contributed by atoms with Gasteiger partial charge in [0.1, 0.15) is 11.6 Å². The van der Waals surface area contributed by atoms with Crippen LogP contribution in [0.1, 0.15) is 44.7 Å². The molecule has 8 N–H and O–H groups in total. The molecule has 0 unspecified atom stereocenters. The molecule has 1 aromatic carbocycles. The van der Waals surface area contributed by atoms with E-state index in [2.05, 4.69) is 47.0 Å². The normalized spacial score (nSPS) is 17.2. The molecule has 0 aliphatic carbocycles. The minimum absolute atomic E-state index is 0. The smallest absolute Gasteiger partial charge is 0.163 e. The maximum Gasteiger partial charge on any atom is 0.163 e. The lowest BCUT2D eigenvalue weighted by Crippen LogP contribution is -2.43. The van der Waals surface area contributed by atoms with E-state index in [1.807, 2.05) is 35.0 Å². The van der Waals surface area contributed by atoms with Crippen LogP contribution in [0.15, 0.2) is 42.6 Å². The Morgan fingerprint density at radius 3 is 2.58 bits per heavy atom. The van der Waals surface area contributed by atoms with E-state index < -0.39 is 0 Å². The molecule has 9 nitrogen and oxygen atoms in total. The highest BCUT2D eigenvalue weighted by Crippen LogP contribution is 2.25. The van der Waals surface area contributed by atoms with Crippen molar-refractivity contribution in [2.75, 3.05) is 30.3 Å². The summed E-state index contributed by atoms with van der Waals surface area (Å²) in [4.78, 5) is 4.83. The first-order valence-electron chi connectivity index (χ1n) is 10.4. The Morgan fingerprint density at radius 2 is 1.91 bits per heavy atom. The van der Waals surface area contributed by atoms with E-state index in [0.29, 0.717) is 25.6 Å². The average molecular weight is 483 g/mol. The number of fused-ring (bicyclic) bond motifs is 1. The van der Waals surface area contributed by atoms with Crippen molar-refractivity contribution in [2.45, 2.75) is 46.3 Å². The molecule has 186 valence electrons. The standard InChI is InChI=1S/C22H30N6O.CH4.ClH.2H2O/c1-15(2)18-13-26-28-21(25-11-16-6-4-3-5-7-16)10-20(27-22(18)28)24-12-17-8-9-23-14-19(17)29;;;;/h3-7,10,13,15,17,19,23,25,29H,8-9,11-12,14H2,1-2H3,(H,24,27);1H4;1H;2*1H2/t17-,19+;;;;/m1..../s1. The van der Waals surface area contributed by atoms with Gasteiger partial charge in [-0.2, -0.15) is 9.61 Å². The van der Waals surface area contributed by atoms with Gasteiger partial charge in [-0.25, -0.2) is 4.98 Å². The molecule has 0 radical (unpaired) electrons. The van der Waals surface area contributed by atoms with Crippen molar-refractivity contribution in [3.63, 3.8) is 0 Å². The number of aliphatic hydroxyl groups excluding tert-OH is 1. The topological polar surface area (TPSA) is 150 Å². The van der Waals surface area contributed by atoms with Crippen LogP contribution in [0.2, 0.25) is 0 Å². The lowest BCUT2D eigenvalue weighted by Gasteiger charge is -2.28. The third-order valence-electron chi connectivity index (χ3n) is 5.57. The van der Waals surface area contributed by atoms with E-state index in [4.69, 9.17) is 4.98 Å². The van der Waals surface area contributed by atoms with Crippen LogP contribution in [0.3, 0.4) is 0 Å². The number of nitrogens with zero attached hydrogens (tertiary/aromatic N) is 3. The predicted molar refractivity (Wildman–Crippen MR) is 138 cm³/mol. The fourth-order valence-electron chi connectivity index (χ4n) is 3.76. The predicted octanol–water partition coefficient (Wildman–Crippen LogP) is 2.26. The van der Waals surface area contributed by atoms with E-state index in [1.54, 1.807) is 0 Å². The molecular formula is C23H39ClN6O3. The maximum absolute atomic E-state index is 10.2. The number of aromatic nitrogens is 3. The molecule has 0 spiro atoms. The van der Waals surface area contributed by atoms with Gasteiger partial charge in [-0.15, -0.1) is 12.4 Å². The molecule has 10 heteroatoms. The van der Waals surface area contributed by atoms with Crippen molar-refractivity contribution in [1.82, 2.24) is 19.9 Å². The van der Waals surface area contributed by atoms with Gasteiger partial charge in [0.15, 0.2) is 5.65 Å². The number of nitrogens with one attached hydrogen (secondary N) is 3. The highest BCUT2D eigenvalue weighted by atomic mass is 35.5. The van der Waals surface area contributed by atoms with Gasteiger partial charge in [-0.05, 0) is 24.4 Å². The maximum atomic E-state index is 10.2. The molecule has 0 saturated carbocycles. The van der Waals surface area contributed by atoms with Gasteiger partial charge in [0.2, 0.25) is 0 Å². The van der Waals surface area contributed by atoms with E-state index in [9.17, 15) is 5.11 Å². The number of piperidine rings is 1. The van der Waals surface area contributed by atoms with Crippen molar-refractivity contribution >= 4 is 29.7 Å². The van der Waals surface area contributed by atoms with Gasteiger partial charge in [0.05, 0.1) is 12.3 Å². The summed E-state index contributed by atoms with van der Waals surface area (Å²) in [5.41, 5.74) is 3.20. The van der Waals surface area contributed by atoms with Crippen LogP contribution in [0.5, 0.6) is 0 Å². The number of β-amino-alcohol motifs (C(OH)–C–C–N with tert-alkyl or cyclic N) is 1. The van der Waals surface area contributed by atoms with Crippen LogP contribution < -0.4 is 16.0 Å². The van der Waals surface area contributed by atoms with E-state index in [0.717, 1.165) is 35.8 Å². The first-order valence-corrected chi connectivity index (χ1v) is 10.4. The highest BCUT2D eigenvalue weighted by Gasteiger charge is 2.23. The van der Waals surface area contributed by atoms with Crippen molar-refractivity contribution in [3.8, 4) is 0 Å². The third kappa shape index (κ3) is 7.28. The molecule has 1 aliphatic heterocycles. The Morgan fingerprint density at radius 1 is 1.18 bits per heavy atom. The zero-order valence-electron chi connectivity index (χ0n) is 18.5. The number of rotatable bonds is 7. The van der Waals surface area contributed by atoms with Crippen LogP contribution in [0.4, 0.5) is 11.6 Å². The second-order valence-corrected chi connectivity index (χ2v) is 8.06. The van der Waals surface area contributed by atoms with Crippen molar-refractivity contribution < 1.29 is 16.1 Å². The Bertz CT molecular complexity index is 954. The fourth-order valence-corrected chi connectivity index (χ4v) is 3.76. The SMILES string of the molecule is C.CC(C)c1cnn2c(NCc3ccccc3)cc(NC[C@H]3CCNC[C@@H]3O)nc12.Cl.O.O. The van der Waals surface area contributed by atoms with Crippen molar-refractivity contribution in [1.29, 1.82) is 0 Å². The number of hydrogen-bond donors (Lipinski definition) is 4. The summed E-state index contributed by atoms with van der Waals surface area (Å²) in [6.07, 6.45) is 2.54. The zero-order chi connectivity index (χ0) is 20.2. The van der Waals surface area contributed by atoms with Crippen molar-refractivity contribution in [2.24, 2.45) is 5.92 Å². The first-order chi connectivity index (χ1) is 14.1. The minimum atomic E-state index is -0.322. The fraction of sp³-hybridized carbons (Fsp3) is 0.478. The van der Waals surface area contributed by atoms with Gasteiger partial charge >= 0.3 is 0 Å². The highest BCUT2D eigenvalue weighted by molar-refractivity contribution is 5.85. The molecular weight excluding hydrogens is 444 g/mol. The molecule has 2 aromatic heterocycles. The van der Waals surface area contributed by atoms with Crippen LogP contribution in [0.25, 0.3) is 5.65 Å². The molecule has 33 heavy (non-hydrogen) atoms. The van der Waals surface area contributed by atoms with Gasteiger partial charge in [0.25, 0.3) is 0 Å². The number of halogens is 1. The molecule has 0 bridgehead atoms. The minimum Gasteiger partial charge on any atom is -0.412 e. The number of hydrogen-bond acceptors (Lipinski definition) is 6. The Kier molecular flexibility index (Phi) is 12.9. The Hall–Kier alpha value is -2.43. The van der Waals surface area contributed by atoms with Crippen LogP contribution in [0, 0.1) is 5.92 Å². The summed E-state index contributed by atoms with van der Waals surface area (Å²) in [5.74, 6) is 2.27. The molecule has 1 saturated heterocycles. The number of aliphatic hydroxyl groups is 1. The molecule has 3 heterocycles. The van der Waals surface area contributed by atoms with Gasteiger partial charge < -0.3 is 32.0 Å². The van der Waals surface area contributed by atoms with Crippen LogP contribution in [-0.4, -0.2) is 56.4 Å². The molecule has 3 aromatic rings. The van der Waals surface area contributed by atoms with E-state index in [1.165, 1.54) is 5.56 Å². The Labute approximate surface area is 202 Å². The molecule has 2 atom stereocenters. The van der Waals surface area contributed by atoms with Crippen LogP contribution >= 0.6 is 12.4 Å². The summed E-state index contributed by atoms with van der Waals surface area (Å²) in [6, 6.07) is 12.3. The van der Waals surface area contributed by atoms with E-state index >= 15 is 0 Å². The third-order valence-corrected chi connectivity index (χ3v) is 5.57. The largest absolute Gasteiger partial charge is 0.412 e. The zero-order valence-corrected chi connectivity index (χ0v) is 19.3.